The summed E-state index contributed by atoms with van der Waals surface area (Å²) in [5.41, 5.74) is 0.134. The van der Waals surface area contributed by atoms with Gasteiger partial charge in [0.25, 0.3) is 5.56 Å². The molecule has 1 fully saturated rings. The SMILES string of the molecule is O=c1c2ccccc2ccn1CC1CCNC1. The molecule has 2 heterocycles. The van der Waals surface area contributed by atoms with Crippen LogP contribution in [0, 0.1) is 5.92 Å². The molecule has 1 aromatic carbocycles. The van der Waals surface area contributed by atoms with E-state index >= 15 is 0 Å². The smallest absolute Gasteiger partial charge is 0.258 e. The molecule has 1 atom stereocenters. The normalized spacial score (nSPS) is 19.9. The summed E-state index contributed by atoms with van der Waals surface area (Å²) in [6.07, 6.45) is 3.09. The van der Waals surface area contributed by atoms with Gasteiger partial charge in [0.1, 0.15) is 0 Å². The van der Waals surface area contributed by atoms with E-state index in [9.17, 15) is 4.79 Å². The van der Waals surface area contributed by atoms with Crippen LogP contribution in [0.4, 0.5) is 0 Å². The third kappa shape index (κ3) is 1.98. The lowest BCUT2D eigenvalue weighted by atomic mass is 10.1. The molecule has 1 aliphatic rings. The molecule has 1 saturated heterocycles. The largest absolute Gasteiger partial charge is 0.316 e. The van der Waals surface area contributed by atoms with Crippen LogP contribution in [-0.4, -0.2) is 17.7 Å². The first-order valence-electron chi connectivity index (χ1n) is 6.13. The molecule has 1 N–H and O–H groups in total. The summed E-state index contributed by atoms with van der Waals surface area (Å²) < 4.78 is 1.85. The monoisotopic (exact) mass is 228 g/mol. The summed E-state index contributed by atoms with van der Waals surface area (Å²) in [4.78, 5) is 12.3. The number of aromatic nitrogens is 1. The van der Waals surface area contributed by atoms with Crippen LogP contribution in [0.1, 0.15) is 6.42 Å². The molecule has 1 aliphatic heterocycles. The van der Waals surface area contributed by atoms with Crippen molar-refractivity contribution in [2.24, 2.45) is 5.92 Å². The first kappa shape index (κ1) is 10.5. The lowest BCUT2D eigenvalue weighted by Gasteiger charge is -2.11. The Morgan fingerprint density at radius 1 is 1.29 bits per heavy atom. The van der Waals surface area contributed by atoms with Crippen LogP contribution in [0.2, 0.25) is 0 Å². The Morgan fingerprint density at radius 3 is 3.00 bits per heavy atom. The molecule has 88 valence electrons. The number of hydrogen-bond donors (Lipinski definition) is 1. The zero-order chi connectivity index (χ0) is 11.7. The van der Waals surface area contributed by atoms with Crippen LogP contribution in [0.15, 0.2) is 41.3 Å². The van der Waals surface area contributed by atoms with Gasteiger partial charge in [0.15, 0.2) is 0 Å². The summed E-state index contributed by atoms with van der Waals surface area (Å²) in [5.74, 6) is 0.592. The van der Waals surface area contributed by atoms with Gasteiger partial charge in [0, 0.05) is 18.1 Å². The molecule has 0 spiro atoms. The molecular formula is C14H16N2O. The van der Waals surface area contributed by atoms with E-state index in [1.54, 1.807) is 0 Å². The van der Waals surface area contributed by atoms with Gasteiger partial charge in [-0.2, -0.15) is 0 Å². The number of pyridine rings is 1. The van der Waals surface area contributed by atoms with E-state index in [0.717, 1.165) is 30.4 Å². The van der Waals surface area contributed by atoms with Gasteiger partial charge in [-0.25, -0.2) is 0 Å². The van der Waals surface area contributed by atoms with Gasteiger partial charge in [-0.05, 0) is 42.9 Å². The zero-order valence-electron chi connectivity index (χ0n) is 9.73. The van der Waals surface area contributed by atoms with Crippen molar-refractivity contribution in [2.45, 2.75) is 13.0 Å². The predicted octanol–water partition coefficient (Wildman–Crippen LogP) is 1.61. The van der Waals surface area contributed by atoms with Crippen molar-refractivity contribution < 1.29 is 0 Å². The summed E-state index contributed by atoms with van der Waals surface area (Å²) in [5, 5.41) is 5.18. The Morgan fingerprint density at radius 2 is 2.18 bits per heavy atom. The van der Waals surface area contributed by atoms with Crippen molar-refractivity contribution in [1.82, 2.24) is 9.88 Å². The topological polar surface area (TPSA) is 34.0 Å². The Balaban J connectivity index is 1.99. The lowest BCUT2D eigenvalue weighted by Crippen LogP contribution is -2.24. The quantitative estimate of drug-likeness (QED) is 0.847. The van der Waals surface area contributed by atoms with Crippen molar-refractivity contribution in [3.05, 3.63) is 46.9 Å². The first-order chi connectivity index (χ1) is 8.34. The lowest BCUT2D eigenvalue weighted by molar-refractivity contribution is 0.474. The molecular weight excluding hydrogens is 212 g/mol. The zero-order valence-corrected chi connectivity index (χ0v) is 9.73. The molecule has 0 amide bonds. The van der Waals surface area contributed by atoms with Crippen molar-refractivity contribution in [1.29, 1.82) is 0 Å². The molecule has 0 bridgehead atoms. The van der Waals surface area contributed by atoms with E-state index in [-0.39, 0.29) is 5.56 Å². The average molecular weight is 228 g/mol. The fraction of sp³-hybridized carbons (Fsp3) is 0.357. The van der Waals surface area contributed by atoms with Crippen molar-refractivity contribution in [3.8, 4) is 0 Å². The van der Waals surface area contributed by atoms with Gasteiger partial charge >= 0.3 is 0 Å². The minimum absolute atomic E-state index is 0.134. The summed E-state index contributed by atoms with van der Waals surface area (Å²) >= 11 is 0. The fourth-order valence-corrected chi connectivity index (χ4v) is 2.52. The van der Waals surface area contributed by atoms with Gasteiger partial charge in [-0.1, -0.05) is 18.2 Å². The second-order valence-corrected chi connectivity index (χ2v) is 4.72. The molecule has 0 radical (unpaired) electrons. The van der Waals surface area contributed by atoms with Crippen LogP contribution in [-0.2, 0) is 6.54 Å². The van der Waals surface area contributed by atoms with Crippen LogP contribution in [0.5, 0.6) is 0 Å². The van der Waals surface area contributed by atoms with E-state index in [4.69, 9.17) is 0 Å². The second kappa shape index (κ2) is 4.34. The number of fused-ring (bicyclic) bond motifs is 1. The third-order valence-corrected chi connectivity index (χ3v) is 3.50. The molecule has 17 heavy (non-hydrogen) atoms. The van der Waals surface area contributed by atoms with E-state index < -0.39 is 0 Å². The maximum Gasteiger partial charge on any atom is 0.258 e. The highest BCUT2D eigenvalue weighted by atomic mass is 16.1. The van der Waals surface area contributed by atoms with Crippen LogP contribution in [0.25, 0.3) is 10.8 Å². The molecule has 0 aliphatic carbocycles. The second-order valence-electron chi connectivity index (χ2n) is 4.72. The van der Waals surface area contributed by atoms with Gasteiger partial charge in [-0.3, -0.25) is 4.79 Å². The summed E-state index contributed by atoms with van der Waals surface area (Å²) in [6.45, 7) is 2.93. The highest BCUT2D eigenvalue weighted by molar-refractivity contribution is 5.81. The van der Waals surface area contributed by atoms with Crippen LogP contribution < -0.4 is 10.9 Å². The van der Waals surface area contributed by atoms with Crippen molar-refractivity contribution >= 4 is 10.8 Å². The van der Waals surface area contributed by atoms with Gasteiger partial charge in [0.2, 0.25) is 0 Å². The Labute approximate surface area is 100 Å². The Bertz CT molecular complexity index is 582. The molecule has 0 saturated carbocycles. The minimum Gasteiger partial charge on any atom is -0.316 e. The van der Waals surface area contributed by atoms with E-state index in [1.165, 1.54) is 6.42 Å². The van der Waals surface area contributed by atoms with Crippen molar-refractivity contribution in [2.75, 3.05) is 13.1 Å². The number of nitrogens with zero attached hydrogens (tertiary/aromatic N) is 1. The van der Waals surface area contributed by atoms with E-state index in [0.29, 0.717) is 5.92 Å². The highest BCUT2D eigenvalue weighted by Crippen LogP contribution is 2.12. The standard InChI is InChI=1S/C14H16N2O/c17-14-13-4-2-1-3-12(13)6-8-16(14)10-11-5-7-15-9-11/h1-4,6,8,11,15H,5,7,9-10H2. The Kier molecular flexibility index (Phi) is 2.69. The highest BCUT2D eigenvalue weighted by Gasteiger charge is 2.15. The first-order valence-corrected chi connectivity index (χ1v) is 6.13. The number of rotatable bonds is 2. The predicted molar refractivity (Wildman–Crippen MR) is 69.2 cm³/mol. The number of benzene rings is 1. The molecule has 3 nitrogen and oxygen atoms in total. The molecule has 1 aromatic heterocycles. The summed E-state index contributed by atoms with van der Waals surface area (Å²) in [7, 11) is 0. The number of nitrogens with one attached hydrogen (secondary N) is 1. The fourth-order valence-electron chi connectivity index (χ4n) is 2.52. The van der Waals surface area contributed by atoms with E-state index in [2.05, 4.69) is 5.32 Å². The molecule has 2 aromatic rings. The van der Waals surface area contributed by atoms with Gasteiger partial charge in [-0.15, -0.1) is 0 Å². The van der Waals surface area contributed by atoms with E-state index in [1.807, 2.05) is 41.1 Å². The number of hydrogen-bond acceptors (Lipinski definition) is 2. The minimum atomic E-state index is 0.134. The Hall–Kier alpha value is -1.61. The summed E-state index contributed by atoms with van der Waals surface area (Å²) in [6, 6.07) is 9.80. The average Bonchev–Trinajstić information content (AvgIpc) is 2.86. The van der Waals surface area contributed by atoms with Crippen LogP contribution in [0.3, 0.4) is 0 Å². The molecule has 3 rings (SSSR count). The van der Waals surface area contributed by atoms with Gasteiger partial charge in [0.05, 0.1) is 0 Å². The maximum absolute atomic E-state index is 12.3. The van der Waals surface area contributed by atoms with Crippen molar-refractivity contribution in [3.63, 3.8) is 0 Å². The third-order valence-electron chi connectivity index (χ3n) is 3.50. The maximum atomic E-state index is 12.3. The van der Waals surface area contributed by atoms with Crippen LogP contribution >= 0.6 is 0 Å². The molecule has 3 heteroatoms. The molecule has 1 unspecified atom stereocenters. The van der Waals surface area contributed by atoms with Gasteiger partial charge < -0.3 is 9.88 Å².